The van der Waals surface area contributed by atoms with Gasteiger partial charge in [-0.05, 0) is 49.6 Å². The average molecular weight is 454 g/mol. The van der Waals surface area contributed by atoms with Crippen molar-refractivity contribution in [1.29, 1.82) is 0 Å². The number of nitrogens with zero attached hydrogens (tertiary/aromatic N) is 2. The summed E-state index contributed by atoms with van der Waals surface area (Å²) < 4.78 is 28.7. The number of anilines is 1. The van der Waals surface area contributed by atoms with Crippen molar-refractivity contribution in [2.45, 2.75) is 31.2 Å². The molecule has 7 nitrogen and oxygen atoms in total. The Balaban J connectivity index is 1.80. The first kappa shape index (κ1) is 19.8. The second-order valence-corrected chi connectivity index (χ2v) is 9.30. The zero-order valence-corrected chi connectivity index (χ0v) is 17.2. The zero-order valence-electron chi connectivity index (χ0n) is 14.8. The maximum absolute atomic E-state index is 12.7. The molecule has 144 valence electrons. The number of carbonyl (C=O) groups is 1. The highest BCUT2D eigenvalue weighted by Gasteiger charge is 2.27. The third kappa shape index (κ3) is 4.48. The summed E-state index contributed by atoms with van der Waals surface area (Å²) in [6.07, 6.45) is 2.89. The molecule has 0 unspecified atom stereocenters. The topological polar surface area (TPSA) is 88.5 Å². The Kier molecular flexibility index (Phi) is 5.83. The Labute approximate surface area is 166 Å². The maximum Gasteiger partial charge on any atom is 0.251 e. The lowest BCUT2D eigenvalue weighted by atomic mass is 10.2. The van der Waals surface area contributed by atoms with Crippen LogP contribution >= 0.6 is 15.9 Å². The molecule has 1 fully saturated rings. The van der Waals surface area contributed by atoms with E-state index in [9.17, 15) is 18.0 Å². The van der Waals surface area contributed by atoms with Crippen LogP contribution in [0.25, 0.3) is 0 Å². The molecule has 2 aromatic rings. The van der Waals surface area contributed by atoms with Gasteiger partial charge in [0.05, 0.1) is 4.90 Å². The maximum atomic E-state index is 12.7. The summed E-state index contributed by atoms with van der Waals surface area (Å²) in [6, 6.07) is 7.90. The standard InChI is InChI=1S/C18H20BrN3O4S/c1-13-10-14(19)4-6-16(13)20-17(23)12-21-11-15(5-7-18(21)24)27(25,26)22-8-2-3-9-22/h4-7,10-11H,2-3,8-9,12H2,1H3,(H,20,23). The van der Waals surface area contributed by atoms with Crippen molar-refractivity contribution in [1.82, 2.24) is 8.87 Å². The second kappa shape index (κ2) is 7.95. The van der Waals surface area contributed by atoms with Crippen molar-refractivity contribution < 1.29 is 13.2 Å². The molecule has 1 amide bonds. The largest absolute Gasteiger partial charge is 0.324 e. The molecule has 3 rings (SSSR count). The molecule has 2 heterocycles. The van der Waals surface area contributed by atoms with Gasteiger partial charge >= 0.3 is 0 Å². The molecule has 1 saturated heterocycles. The molecule has 0 radical (unpaired) electrons. The number of aryl methyl sites for hydroxylation is 1. The van der Waals surface area contributed by atoms with Crippen molar-refractivity contribution in [3.8, 4) is 0 Å². The molecule has 1 aliphatic rings. The van der Waals surface area contributed by atoms with Crippen LogP contribution < -0.4 is 10.9 Å². The molecule has 0 atom stereocenters. The molecular formula is C18H20BrN3O4S. The van der Waals surface area contributed by atoms with Crippen LogP contribution in [0.5, 0.6) is 0 Å². The third-order valence-corrected chi connectivity index (χ3v) is 6.81. The molecule has 1 aromatic heterocycles. The quantitative estimate of drug-likeness (QED) is 0.752. The summed E-state index contributed by atoms with van der Waals surface area (Å²) in [5, 5.41) is 2.75. The van der Waals surface area contributed by atoms with Crippen LogP contribution in [0, 0.1) is 6.92 Å². The third-order valence-electron chi connectivity index (χ3n) is 4.44. The summed E-state index contributed by atoms with van der Waals surface area (Å²) >= 11 is 3.36. The average Bonchev–Trinajstić information content (AvgIpc) is 3.15. The molecule has 0 bridgehead atoms. The smallest absolute Gasteiger partial charge is 0.251 e. The summed E-state index contributed by atoms with van der Waals surface area (Å²) in [5.74, 6) is -0.404. The Morgan fingerprint density at radius 1 is 1.19 bits per heavy atom. The van der Waals surface area contributed by atoms with Crippen LogP contribution in [-0.2, 0) is 21.4 Å². The minimum absolute atomic E-state index is 0.0247. The van der Waals surface area contributed by atoms with Crippen molar-refractivity contribution in [2.24, 2.45) is 0 Å². The highest BCUT2D eigenvalue weighted by atomic mass is 79.9. The summed E-state index contributed by atoms with van der Waals surface area (Å²) in [4.78, 5) is 24.5. The molecule has 1 N–H and O–H groups in total. The first-order chi connectivity index (χ1) is 12.8. The van der Waals surface area contributed by atoms with E-state index in [-0.39, 0.29) is 11.4 Å². The first-order valence-electron chi connectivity index (χ1n) is 8.54. The predicted molar refractivity (Wildman–Crippen MR) is 106 cm³/mol. The second-order valence-electron chi connectivity index (χ2n) is 6.45. The number of carbonyl (C=O) groups excluding carboxylic acids is 1. The molecule has 0 aliphatic carbocycles. The van der Waals surface area contributed by atoms with E-state index in [0.29, 0.717) is 18.8 Å². The fourth-order valence-corrected chi connectivity index (χ4v) is 4.99. The van der Waals surface area contributed by atoms with E-state index in [1.807, 2.05) is 13.0 Å². The monoisotopic (exact) mass is 453 g/mol. The van der Waals surface area contributed by atoms with Crippen molar-refractivity contribution in [3.05, 3.63) is 56.9 Å². The fourth-order valence-electron chi connectivity index (χ4n) is 2.97. The number of hydrogen-bond donors (Lipinski definition) is 1. The van der Waals surface area contributed by atoms with Gasteiger partial charge in [-0.3, -0.25) is 9.59 Å². The van der Waals surface area contributed by atoms with Gasteiger partial charge < -0.3 is 9.88 Å². The van der Waals surface area contributed by atoms with Gasteiger partial charge in [-0.25, -0.2) is 8.42 Å². The first-order valence-corrected chi connectivity index (χ1v) is 10.8. The fraction of sp³-hybridized carbons (Fsp3) is 0.333. The normalized spacial score (nSPS) is 15.0. The molecule has 1 aliphatic heterocycles. The van der Waals surface area contributed by atoms with E-state index < -0.39 is 21.5 Å². The minimum atomic E-state index is -3.65. The number of amides is 1. The Bertz CT molecular complexity index is 1030. The van der Waals surface area contributed by atoms with E-state index in [0.717, 1.165) is 27.4 Å². The van der Waals surface area contributed by atoms with Crippen molar-refractivity contribution in [3.63, 3.8) is 0 Å². The van der Waals surface area contributed by atoms with E-state index in [1.165, 1.54) is 22.6 Å². The molecule has 0 spiro atoms. The zero-order chi connectivity index (χ0) is 19.6. The number of rotatable bonds is 5. The lowest BCUT2D eigenvalue weighted by Gasteiger charge is -2.16. The van der Waals surface area contributed by atoms with E-state index in [1.54, 1.807) is 12.1 Å². The lowest BCUT2D eigenvalue weighted by Crippen LogP contribution is -2.31. The minimum Gasteiger partial charge on any atom is -0.324 e. The van der Waals surface area contributed by atoms with Gasteiger partial charge in [0, 0.05) is 35.5 Å². The molecule has 0 saturated carbocycles. The number of halogens is 1. The van der Waals surface area contributed by atoms with Crippen LogP contribution in [0.15, 0.2) is 50.7 Å². The van der Waals surface area contributed by atoms with Gasteiger partial charge in [-0.2, -0.15) is 4.31 Å². The Morgan fingerprint density at radius 2 is 1.89 bits per heavy atom. The van der Waals surface area contributed by atoms with Gasteiger partial charge in [0.2, 0.25) is 15.9 Å². The summed E-state index contributed by atoms with van der Waals surface area (Å²) in [5.41, 5.74) is 1.07. The van der Waals surface area contributed by atoms with Crippen molar-refractivity contribution >= 4 is 37.5 Å². The number of pyridine rings is 1. The van der Waals surface area contributed by atoms with Crippen LogP contribution in [0.2, 0.25) is 0 Å². The Morgan fingerprint density at radius 3 is 2.56 bits per heavy atom. The number of aromatic nitrogens is 1. The molecule has 27 heavy (non-hydrogen) atoms. The molecule has 9 heteroatoms. The van der Waals surface area contributed by atoms with Gasteiger partial charge in [0.15, 0.2) is 0 Å². The number of nitrogens with one attached hydrogen (secondary N) is 1. The highest BCUT2D eigenvalue weighted by Crippen LogP contribution is 2.21. The number of hydrogen-bond acceptors (Lipinski definition) is 4. The van der Waals surface area contributed by atoms with Crippen LogP contribution in [0.3, 0.4) is 0 Å². The van der Waals surface area contributed by atoms with Crippen molar-refractivity contribution in [2.75, 3.05) is 18.4 Å². The molecular weight excluding hydrogens is 434 g/mol. The predicted octanol–water partition coefficient (Wildman–Crippen LogP) is 2.34. The van der Waals surface area contributed by atoms with Crippen LogP contribution in [-0.4, -0.2) is 36.3 Å². The van der Waals surface area contributed by atoms with Gasteiger partial charge in [0.1, 0.15) is 6.54 Å². The summed E-state index contributed by atoms with van der Waals surface area (Å²) in [7, 11) is -3.65. The highest BCUT2D eigenvalue weighted by molar-refractivity contribution is 9.10. The van der Waals surface area contributed by atoms with E-state index in [4.69, 9.17) is 0 Å². The molecule has 1 aromatic carbocycles. The van der Waals surface area contributed by atoms with Gasteiger partial charge in [-0.15, -0.1) is 0 Å². The van der Waals surface area contributed by atoms with Crippen LogP contribution in [0.4, 0.5) is 5.69 Å². The number of sulfonamides is 1. The Hall–Kier alpha value is -1.97. The number of benzene rings is 1. The van der Waals surface area contributed by atoms with Gasteiger partial charge in [-0.1, -0.05) is 15.9 Å². The van der Waals surface area contributed by atoms with Gasteiger partial charge in [0.25, 0.3) is 5.56 Å². The SMILES string of the molecule is Cc1cc(Br)ccc1NC(=O)Cn1cc(S(=O)(=O)N2CCCC2)ccc1=O. The van der Waals surface area contributed by atoms with E-state index >= 15 is 0 Å². The summed E-state index contributed by atoms with van der Waals surface area (Å²) in [6.45, 7) is 2.54. The lowest BCUT2D eigenvalue weighted by molar-refractivity contribution is -0.116. The van der Waals surface area contributed by atoms with Crippen LogP contribution in [0.1, 0.15) is 18.4 Å². The van der Waals surface area contributed by atoms with E-state index in [2.05, 4.69) is 21.2 Å².